The molecule has 2 heteroatoms. The fraction of sp³-hybridized carbons (Fsp3) is 0.439. The predicted molar refractivity (Wildman–Crippen MR) is 186 cm³/mol. The lowest BCUT2D eigenvalue weighted by molar-refractivity contribution is 0.306. The maximum Gasteiger partial charge on any atom is 0.134 e. The highest BCUT2D eigenvalue weighted by atomic mass is 16.5. The Morgan fingerprint density at radius 2 is 0.860 bits per heavy atom. The quantitative estimate of drug-likeness (QED) is 0.0922. The maximum atomic E-state index is 6.67. The average Bonchev–Trinajstić information content (AvgIpc) is 3.07. The van der Waals surface area contributed by atoms with Crippen LogP contribution < -0.4 is 4.74 Å². The van der Waals surface area contributed by atoms with Crippen molar-refractivity contribution in [1.29, 1.82) is 0 Å². The van der Waals surface area contributed by atoms with E-state index in [1.807, 2.05) is 12.4 Å². The summed E-state index contributed by atoms with van der Waals surface area (Å²) in [6.07, 6.45) is 25.7. The second kappa shape index (κ2) is 19.7. The van der Waals surface area contributed by atoms with E-state index in [0.29, 0.717) is 0 Å². The number of benzene rings is 3. The molecule has 4 aromatic rings. The zero-order chi connectivity index (χ0) is 29.8. The van der Waals surface area contributed by atoms with Gasteiger partial charge >= 0.3 is 0 Å². The molecule has 1 aromatic heterocycles. The van der Waals surface area contributed by atoms with Crippen molar-refractivity contribution in [2.75, 3.05) is 6.61 Å². The van der Waals surface area contributed by atoms with Gasteiger partial charge in [0.05, 0.1) is 6.61 Å². The molecule has 0 spiro atoms. The molecule has 0 saturated carbocycles. The molecule has 228 valence electrons. The van der Waals surface area contributed by atoms with E-state index < -0.39 is 0 Å². The fourth-order valence-electron chi connectivity index (χ4n) is 5.98. The Morgan fingerprint density at radius 1 is 0.442 bits per heavy atom. The van der Waals surface area contributed by atoms with E-state index in [1.54, 1.807) is 0 Å². The van der Waals surface area contributed by atoms with E-state index in [1.165, 1.54) is 113 Å². The zero-order valence-electron chi connectivity index (χ0n) is 26.6. The first-order valence-electron chi connectivity index (χ1n) is 17.2. The first-order valence-corrected chi connectivity index (χ1v) is 17.2. The molecule has 1 heterocycles. The number of pyridine rings is 1. The number of aromatic nitrogens is 1. The first-order chi connectivity index (χ1) is 21.4. The lowest BCUT2D eigenvalue weighted by Crippen LogP contribution is -2.02. The summed E-state index contributed by atoms with van der Waals surface area (Å²) in [4.78, 5) is 4.23. The molecule has 0 aliphatic carbocycles. The summed E-state index contributed by atoms with van der Waals surface area (Å²) in [5.74, 6) is 0.983. The van der Waals surface area contributed by atoms with Crippen molar-refractivity contribution >= 4 is 0 Å². The number of hydrogen-bond acceptors (Lipinski definition) is 2. The van der Waals surface area contributed by atoms with Crippen LogP contribution in [0.25, 0.3) is 33.4 Å². The number of rotatable bonds is 21. The van der Waals surface area contributed by atoms with Crippen LogP contribution in [0.4, 0.5) is 0 Å². The topological polar surface area (TPSA) is 22.1 Å². The van der Waals surface area contributed by atoms with Crippen LogP contribution in [0, 0.1) is 0 Å². The fourth-order valence-corrected chi connectivity index (χ4v) is 5.98. The number of ether oxygens (including phenoxy) is 1. The molecule has 0 aliphatic rings. The van der Waals surface area contributed by atoms with Crippen LogP contribution in [-0.2, 0) is 0 Å². The number of nitrogens with zero attached hydrogens (tertiary/aromatic N) is 1. The van der Waals surface area contributed by atoms with E-state index in [0.717, 1.165) is 35.5 Å². The van der Waals surface area contributed by atoms with Crippen molar-refractivity contribution < 1.29 is 4.74 Å². The molecule has 0 atom stereocenters. The monoisotopic (exact) mass is 575 g/mol. The van der Waals surface area contributed by atoms with Gasteiger partial charge in [-0.3, -0.25) is 4.98 Å². The van der Waals surface area contributed by atoms with Gasteiger partial charge in [-0.05, 0) is 52.9 Å². The Bertz CT molecular complexity index is 1210. The Balaban J connectivity index is 1.26. The Labute approximate surface area is 262 Å². The van der Waals surface area contributed by atoms with Crippen molar-refractivity contribution in [3.8, 4) is 39.1 Å². The van der Waals surface area contributed by atoms with E-state index in [-0.39, 0.29) is 0 Å². The van der Waals surface area contributed by atoms with Crippen molar-refractivity contribution in [1.82, 2.24) is 4.98 Å². The molecule has 0 bridgehead atoms. The van der Waals surface area contributed by atoms with Gasteiger partial charge in [-0.25, -0.2) is 0 Å². The van der Waals surface area contributed by atoms with Gasteiger partial charge in [-0.1, -0.05) is 164 Å². The van der Waals surface area contributed by atoms with E-state index in [4.69, 9.17) is 4.74 Å². The highest BCUT2D eigenvalue weighted by Gasteiger charge is 2.16. The van der Waals surface area contributed by atoms with Crippen LogP contribution >= 0.6 is 0 Å². The molecule has 2 nitrogen and oxygen atoms in total. The third-order valence-corrected chi connectivity index (χ3v) is 8.52. The highest BCUT2D eigenvalue weighted by Crippen LogP contribution is 2.42. The Morgan fingerprint density at radius 3 is 1.30 bits per heavy atom. The lowest BCUT2D eigenvalue weighted by Gasteiger charge is -2.19. The summed E-state index contributed by atoms with van der Waals surface area (Å²) < 4.78 is 6.67. The molecule has 0 fully saturated rings. The standard InChI is InChI=1S/C41H53NO/c1-2-3-4-5-6-7-8-9-10-11-12-13-14-15-16-23-32-43-41-39(36-24-19-17-20-25-36)33-38(35-28-30-42-31-29-35)34-40(41)37-26-21-18-22-27-37/h17-22,24-31,33-34H,2-16,23,32H2,1H3. The molecule has 4 rings (SSSR count). The van der Waals surface area contributed by atoms with Gasteiger partial charge in [-0.2, -0.15) is 0 Å². The van der Waals surface area contributed by atoms with E-state index in [2.05, 4.69) is 96.8 Å². The van der Waals surface area contributed by atoms with Crippen LogP contribution in [0.1, 0.15) is 110 Å². The third kappa shape index (κ3) is 11.3. The van der Waals surface area contributed by atoms with Crippen LogP contribution in [0.3, 0.4) is 0 Å². The zero-order valence-corrected chi connectivity index (χ0v) is 26.6. The SMILES string of the molecule is CCCCCCCCCCCCCCCCCCOc1c(-c2ccccc2)cc(-c2ccncc2)cc1-c1ccccc1. The van der Waals surface area contributed by atoms with Crippen molar-refractivity contribution in [2.24, 2.45) is 0 Å². The summed E-state index contributed by atoms with van der Waals surface area (Å²) in [5.41, 5.74) is 6.98. The van der Waals surface area contributed by atoms with Crippen LogP contribution in [-0.4, -0.2) is 11.6 Å². The number of unbranched alkanes of at least 4 members (excludes halogenated alkanes) is 15. The molecule has 3 aromatic carbocycles. The molecule has 0 unspecified atom stereocenters. The van der Waals surface area contributed by atoms with Gasteiger partial charge in [0.25, 0.3) is 0 Å². The molecule has 0 amide bonds. The van der Waals surface area contributed by atoms with E-state index >= 15 is 0 Å². The molecule has 0 radical (unpaired) electrons. The second-order valence-electron chi connectivity index (χ2n) is 12.0. The van der Waals surface area contributed by atoms with Gasteiger partial charge in [-0.15, -0.1) is 0 Å². The highest BCUT2D eigenvalue weighted by molar-refractivity contribution is 5.88. The third-order valence-electron chi connectivity index (χ3n) is 8.52. The van der Waals surface area contributed by atoms with Gasteiger partial charge in [0, 0.05) is 23.5 Å². The molecule has 0 N–H and O–H groups in total. The predicted octanol–water partition coefficient (Wildman–Crippen LogP) is 12.7. The van der Waals surface area contributed by atoms with Crippen LogP contribution in [0.5, 0.6) is 5.75 Å². The normalized spacial score (nSPS) is 11.1. The Kier molecular flexibility index (Phi) is 14.9. The number of hydrogen-bond donors (Lipinski definition) is 0. The molecule has 0 saturated heterocycles. The summed E-state index contributed by atoms with van der Waals surface area (Å²) in [6, 6.07) is 30.0. The lowest BCUT2D eigenvalue weighted by atomic mass is 9.92. The average molecular weight is 576 g/mol. The minimum atomic E-state index is 0.743. The second-order valence-corrected chi connectivity index (χ2v) is 12.0. The minimum Gasteiger partial charge on any atom is -0.492 e. The molecule has 0 aliphatic heterocycles. The first kappa shape index (κ1) is 32.5. The molecule has 43 heavy (non-hydrogen) atoms. The molecular weight excluding hydrogens is 522 g/mol. The van der Waals surface area contributed by atoms with Gasteiger partial charge in [0.2, 0.25) is 0 Å². The Hall–Kier alpha value is -3.39. The van der Waals surface area contributed by atoms with Crippen LogP contribution in [0.2, 0.25) is 0 Å². The van der Waals surface area contributed by atoms with Gasteiger partial charge in [0.1, 0.15) is 5.75 Å². The maximum absolute atomic E-state index is 6.67. The van der Waals surface area contributed by atoms with Crippen LogP contribution in [0.15, 0.2) is 97.3 Å². The van der Waals surface area contributed by atoms with Gasteiger partial charge < -0.3 is 4.74 Å². The largest absolute Gasteiger partial charge is 0.492 e. The van der Waals surface area contributed by atoms with Crippen molar-refractivity contribution in [2.45, 2.75) is 110 Å². The smallest absolute Gasteiger partial charge is 0.134 e. The van der Waals surface area contributed by atoms with Gasteiger partial charge in [0.15, 0.2) is 0 Å². The molecular formula is C41H53NO. The van der Waals surface area contributed by atoms with Crippen molar-refractivity contribution in [3.05, 3.63) is 97.3 Å². The van der Waals surface area contributed by atoms with E-state index in [9.17, 15) is 0 Å². The minimum absolute atomic E-state index is 0.743. The summed E-state index contributed by atoms with van der Waals surface area (Å²) in [6.45, 7) is 3.04. The summed E-state index contributed by atoms with van der Waals surface area (Å²) in [7, 11) is 0. The van der Waals surface area contributed by atoms with Crippen molar-refractivity contribution in [3.63, 3.8) is 0 Å². The summed E-state index contributed by atoms with van der Waals surface area (Å²) >= 11 is 0. The summed E-state index contributed by atoms with van der Waals surface area (Å²) in [5, 5.41) is 0.